The van der Waals surface area contributed by atoms with Crippen LogP contribution in [0.4, 0.5) is 0 Å². The number of para-hydroxylation sites is 2. The molecule has 0 fully saturated rings. The van der Waals surface area contributed by atoms with Crippen molar-refractivity contribution in [2.75, 3.05) is 0 Å². The molecular weight excluding hydrogens is 673 g/mol. The molecule has 0 amide bonds. The third kappa shape index (κ3) is 2.91. The molecule has 4 aromatic heterocycles. The molecule has 0 saturated carbocycles. The molecule has 0 spiro atoms. The molecule has 4 aromatic carbocycles. The van der Waals surface area contributed by atoms with Crippen LogP contribution in [0.3, 0.4) is 0 Å². The van der Waals surface area contributed by atoms with Crippen LogP contribution in [0.1, 0.15) is 0 Å². The first-order chi connectivity index (χ1) is 19.4. The van der Waals surface area contributed by atoms with Gasteiger partial charge < -0.3 is 0 Å². The second kappa shape index (κ2) is 8.09. The molecule has 0 N–H and O–H groups in total. The van der Waals surface area contributed by atoms with Gasteiger partial charge >= 0.3 is 237 Å². The molecule has 0 atom stereocenters. The van der Waals surface area contributed by atoms with Crippen LogP contribution in [-0.4, -0.2) is 42.7 Å². The molecule has 5 heterocycles. The van der Waals surface area contributed by atoms with Crippen molar-refractivity contribution in [1.29, 1.82) is 0 Å². The van der Waals surface area contributed by atoms with Crippen LogP contribution in [0.5, 0.6) is 0 Å². The number of nitrogens with zero attached hydrogens (tertiary/aromatic N) is 4. The molecule has 0 bridgehead atoms. The summed E-state index contributed by atoms with van der Waals surface area (Å²) in [4.78, 5) is 9.62. The number of hydrogen-bond donors (Lipinski definition) is 0. The predicted octanol–water partition coefficient (Wildman–Crippen LogP) is 6.31. The summed E-state index contributed by atoms with van der Waals surface area (Å²) in [6, 6.07) is 39.3. The van der Waals surface area contributed by atoms with E-state index in [0.717, 1.165) is 11.5 Å². The van der Waals surface area contributed by atoms with Crippen molar-refractivity contribution in [2.24, 2.45) is 0 Å². The minimum atomic E-state index is -1.27. The Kier molecular flexibility index (Phi) is 4.48. The van der Waals surface area contributed by atoms with Gasteiger partial charge in [-0.2, -0.15) is 0 Å². The van der Waals surface area contributed by atoms with E-state index in [9.17, 15) is 0 Å². The number of aromatic nitrogens is 4. The molecule has 8 aromatic rings. The number of benzene rings is 4. The van der Waals surface area contributed by atoms with Crippen molar-refractivity contribution in [3.05, 3.63) is 122 Å². The Morgan fingerprint density at radius 3 is 1.85 bits per heavy atom. The van der Waals surface area contributed by atoms with Gasteiger partial charge in [0, 0.05) is 0 Å². The topological polar surface area (TPSA) is 35.6 Å². The van der Waals surface area contributed by atoms with Gasteiger partial charge in [0.2, 0.25) is 0 Å². The summed E-state index contributed by atoms with van der Waals surface area (Å²) in [5.41, 5.74) is 8.73. The van der Waals surface area contributed by atoms with Crippen molar-refractivity contribution in [2.45, 2.75) is 0 Å². The van der Waals surface area contributed by atoms with Crippen molar-refractivity contribution in [3.63, 3.8) is 0 Å². The van der Waals surface area contributed by atoms with E-state index in [1.165, 1.54) is 61.3 Å². The third-order valence-corrected chi connectivity index (χ3v) is 12.6. The molecule has 39 heavy (non-hydrogen) atoms. The summed E-state index contributed by atoms with van der Waals surface area (Å²) < 4.78 is 7.87. The monoisotopic (exact) mass is 693 g/mol. The molecule has 4 nitrogen and oxygen atoms in total. The summed E-state index contributed by atoms with van der Waals surface area (Å²) >= 11 is -1.27. The molecule has 182 valence electrons. The summed E-state index contributed by atoms with van der Waals surface area (Å²) in [6.45, 7) is 0. The maximum absolute atomic E-state index is 4.82. The van der Waals surface area contributed by atoms with Gasteiger partial charge in [-0.25, -0.2) is 0 Å². The van der Waals surface area contributed by atoms with Gasteiger partial charge in [0.25, 0.3) is 0 Å². The van der Waals surface area contributed by atoms with Gasteiger partial charge in [-0.1, -0.05) is 0 Å². The second-order valence-corrected chi connectivity index (χ2v) is 13.8. The van der Waals surface area contributed by atoms with Crippen LogP contribution >= 0.6 is 0 Å². The van der Waals surface area contributed by atoms with E-state index in [2.05, 4.69) is 106 Å². The first kappa shape index (κ1) is 21.6. The molecule has 9 rings (SSSR count). The summed E-state index contributed by atoms with van der Waals surface area (Å²) in [5.74, 6) is 0.960. The predicted molar refractivity (Wildman–Crippen MR) is 161 cm³/mol. The van der Waals surface area contributed by atoms with E-state index in [0.29, 0.717) is 0 Å². The van der Waals surface area contributed by atoms with Gasteiger partial charge in [-0.15, -0.1) is 0 Å². The zero-order valence-electron chi connectivity index (χ0n) is 20.7. The van der Waals surface area contributed by atoms with Crippen LogP contribution in [0.25, 0.3) is 66.4 Å². The Hall–Kier alpha value is -4.32. The Morgan fingerprint density at radius 1 is 0.487 bits per heavy atom. The van der Waals surface area contributed by atoms with Crippen LogP contribution in [0, 0.1) is 0 Å². The van der Waals surface area contributed by atoms with E-state index in [-0.39, 0.29) is 0 Å². The molecule has 1 aliphatic heterocycles. The average molecular weight is 694 g/mol. The van der Waals surface area contributed by atoms with Gasteiger partial charge in [-0.3, -0.25) is 0 Å². The van der Waals surface area contributed by atoms with Crippen LogP contribution in [-0.2, 0) is 0 Å². The van der Waals surface area contributed by atoms with E-state index in [1.54, 1.807) is 0 Å². The van der Waals surface area contributed by atoms with Crippen molar-refractivity contribution in [3.8, 4) is 22.8 Å². The number of pyridine rings is 2. The summed E-state index contributed by atoms with van der Waals surface area (Å²) in [5, 5.41) is 5.20. The standard InChI is InChI=1S/C34H20N4.Po/c1-3-12-30-25(9-1)27-17-15-23(29-11-5-7-19-35-29)21-32(27)37(30)24-16-18-28-26-10-2-4-13-31(26)38(33(28)22-24)34-14-6-8-20-36-34;/h1-20H;. The van der Waals surface area contributed by atoms with Crippen molar-refractivity contribution in [1.82, 2.24) is 19.1 Å². The number of fused-ring (bicyclic) bond motifs is 9. The molecule has 0 aliphatic carbocycles. The van der Waals surface area contributed by atoms with Gasteiger partial charge in [0.05, 0.1) is 0 Å². The molecule has 0 unspecified atom stereocenters. The minimum absolute atomic E-state index is 0.960. The van der Waals surface area contributed by atoms with Gasteiger partial charge in [0.15, 0.2) is 0 Å². The SMILES string of the molecule is c1ccc(-c2ccc3c4ccccc4n4c3[c]2[Po][c]2c-4ccc3c4ccccc4n(-c4ccccn4)c23)nc1. The van der Waals surface area contributed by atoms with Crippen molar-refractivity contribution < 1.29 is 0 Å². The first-order valence-electron chi connectivity index (χ1n) is 13.0. The second-order valence-electron chi connectivity index (χ2n) is 9.86. The molecule has 5 heteroatoms. The van der Waals surface area contributed by atoms with Gasteiger partial charge in [-0.05, 0) is 0 Å². The quantitative estimate of drug-likeness (QED) is 0.213. The molecule has 0 saturated heterocycles. The fraction of sp³-hybridized carbons (Fsp3) is 0. The Morgan fingerprint density at radius 2 is 1.13 bits per heavy atom. The van der Waals surface area contributed by atoms with Crippen LogP contribution in [0.15, 0.2) is 122 Å². The van der Waals surface area contributed by atoms with Crippen molar-refractivity contribution >= 4 is 73.6 Å². The number of hydrogen-bond acceptors (Lipinski definition) is 2. The first-order valence-corrected chi connectivity index (χ1v) is 16.2. The van der Waals surface area contributed by atoms with Gasteiger partial charge in [0.1, 0.15) is 0 Å². The molecule has 0 radical (unpaired) electrons. The Bertz CT molecular complexity index is 2250. The molecular formula is C34H20N4Po. The normalized spacial score (nSPS) is 12.5. The third-order valence-electron chi connectivity index (χ3n) is 7.82. The van der Waals surface area contributed by atoms with E-state index < -0.39 is 23.6 Å². The van der Waals surface area contributed by atoms with Crippen LogP contribution < -0.4 is 6.44 Å². The Balaban J connectivity index is 1.49. The zero-order valence-corrected chi connectivity index (χ0v) is 23.9. The Labute approximate surface area is 236 Å². The van der Waals surface area contributed by atoms with E-state index in [4.69, 9.17) is 9.97 Å². The van der Waals surface area contributed by atoms with E-state index in [1.807, 2.05) is 24.5 Å². The van der Waals surface area contributed by atoms with Crippen LogP contribution in [0.2, 0.25) is 0 Å². The summed E-state index contributed by atoms with van der Waals surface area (Å²) in [7, 11) is 0. The summed E-state index contributed by atoms with van der Waals surface area (Å²) in [6.07, 6.45) is 3.79. The average Bonchev–Trinajstić information content (AvgIpc) is 3.53. The maximum atomic E-state index is 4.82. The fourth-order valence-electron chi connectivity index (χ4n) is 6.22. The fourth-order valence-corrected chi connectivity index (χ4v) is 11.5. The zero-order chi connectivity index (χ0) is 25.5. The molecule has 1 aliphatic rings. The van der Waals surface area contributed by atoms with E-state index >= 15 is 0 Å². The number of rotatable bonds is 2.